The zero-order valence-electron chi connectivity index (χ0n) is 28.2. The second-order valence-electron chi connectivity index (χ2n) is 13.0. The topological polar surface area (TPSA) is 44.9 Å². The summed E-state index contributed by atoms with van der Waals surface area (Å²) in [5.41, 5.74) is 10.8. The highest BCUT2D eigenvalue weighted by Crippen LogP contribution is 2.37. The molecule has 5 nitrogen and oxygen atoms in total. The zero-order chi connectivity index (χ0) is 32.7. The number of para-hydroxylation sites is 1. The van der Waals surface area contributed by atoms with Gasteiger partial charge in [0.2, 0.25) is 0 Å². The number of pyridine rings is 1. The average Bonchev–Trinajstić information content (AvgIpc) is 3.71. The van der Waals surface area contributed by atoms with Crippen LogP contribution in [0.3, 0.4) is 0 Å². The number of rotatable bonds is 9. The summed E-state index contributed by atoms with van der Waals surface area (Å²) in [6, 6.07) is 32.3. The summed E-state index contributed by atoms with van der Waals surface area (Å²) in [5, 5.41) is 7.21. The summed E-state index contributed by atoms with van der Waals surface area (Å²) in [6.07, 6.45) is 8.02. The fraction of sp³-hybridized carbons (Fsp3) is 0.238. The van der Waals surface area contributed by atoms with Crippen molar-refractivity contribution in [3.05, 3.63) is 132 Å². The molecule has 5 heteroatoms. The Kier molecular flexibility index (Phi) is 8.15. The first-order valence-electron chi connectivity index (χ1n) is 16.8. The van der Waals surface area contributed by atoms with E-state index in [9.17, 15) is 0 Å². The number of fused-ring (bicyclic) bond motifs is 3. The van der Waals surface area contributed by atoms with Crippen LogP contribution in [0.4, 0.5) is 0 Å². The Balaban J connectivity index is 1.30. The third-order valence-corrected chi connectivity index (χ3v) is 9.26. The second kappa shape index (κ2) is 12.6. The molecule has 0 bridgehead atoms. The molecule has 0 unspecified atom stereocenters. The molecule has 3 heterocycles. The highest BCUT2D eigenvalue weighted by molar-refractivity contribution is 6.09. The van der Waals surface area contributed by atoms with E-state index in [1.165, 1.54) is 38.6 Å². The summed E-state index contributed by atoms with van der Waals surface area (Å²) in [5.74, 6) is 3.21. The average molecular weight is 619 g/mol. The Bertz CT molecular complexity index is 2200. The Labute approximate surface area is 277 Å². The van der Waals surface area contributed by atoms with E-state index in [1.54, 1.807) is 0 Å². The molecule has 4 aromatic carbocycles. The maximum Gasteiger partial charge on any atom is 0.137 e. The van der Waals surface area contributed by atoms with Gasteiger partial charge in [-0.2, -0.15) is 5.10 Å². The third kappa shape index (κ3) is 5.71. The molecular weight excluding hydrogens is 576 g/mol. The first-order chi connectivity index (χ1) is 22.8. The van der Waals surface area contributed by atoms with Crippen molar-refractivity contribution < 1.29 is 4.74 Å². The standard InChI is InChI=1S/C42H42N4O/c1-7-29-12-11-13-30(8-2)42(29)33-25-44-45(26-33)34-20-32(28(5)6)21-36(23-34)47-35-16-17-38-37-14-9-10-15-39(37)46(40(38)24-35)41-22-31(27(3)4)18-19-43-41/h9-28H,7-8H2,1-6H3. The van der Waals surface area contributed by atoms with Gasteiger partial charge in [0, 0.05) is 40.9 Å². The van der Waals surface area contributed by atoms with Gasteiger partial charge in [-0.1, -0.05) is 77.9 Å². The first kappa shape index (κ1) is 30.5. The summed E-state index contributed by atoms with van der Waals surface area (Å²) < 4.78 is 10.9. The number of ether oxygens (including phenoxy) is 1. The van der Waals surface area contributed by atoms with Gasteiger partial charge in [0.1, 0.15) is 17.3 Å². The number of hydrogen-bond donors (Lipinski definition) is 0. The van der Waals surface area contributed by atoms with Crippen LogP contribution < -0.4 is 4.74 Å². The van der Waals surface area contributed by atoms with Crippen LogP contribution in [-0.2, 0) is 12.8 Å². The molecule has 7 aromatic rings. The Morgan fingerprint density at radius 3 is 2.17 bits per heavy atom. The molecule has 0 aliphatic carbocycles. The Morgan fingerprint density at radius 1 is 0.681 bits per heavy atom. The van der Waals surface area contributed by atoms with Gasteiger partial charge in [-0.05, 0) is 95.0 Å². The number of nitrogens with zero attached hydrogens (tertiary/aromatic N) is 4. The molecule has 0 spiro atoms. The van der Waals surface area contributed by atoms with E-state index in [0.717, 1.165) is 52.4 Å². The SMILES string of the molecule is CCc1cccc(CC)c1-c1cnn(-c2cc(Oc3ccc4c5ccccc5n(-c5cc(C(C)C)ccn5)c4c3)cc(C(C)C)c2)c1. The molecule has 0 aliphatic heterocycles. The van der Waals surface area contributed by atoms with Crippen LogP contribution in [0.1, 0.15) is 75.6 Å². The van der Waals surface area contributed by atoms with Crippen LogP contribution in [0, 0.1) is 0 Å². The molecule has 3 aromatic heterocycles. The lowest BCUT2D eigenvalue weighted by Gasteiger charge is -2.14. The summed E-state index contributed by atoms with van der Waals surface area (Å²) in [7, 11) is 0. The van der Waals surface area contributed by atoms with Crippen molar-refractivity contribution >= 4 is 21.8 Å². The van der Waals surface area contributed by atoms with E-state index >= 15 is 0 Å². The van der Waals surface area contributed by atoms with E-state index in [4.69, 9.17) is 14.8 Å². The fourth-order valence-electron chi connectivity index (χ4n) is 6.65. The molecule has 0 saturated carbocycles. The van der Waals surface area contributed by atoms with E-state index in [1.807, 2.05) is 17.1 Å². The van der Waals surface area contributed by atoms with Crippen molar-refractivity contribution in [2.45, 2.75) is 66.2 Å². The number of aromatic nitrogens is 4. The summed E-state index contributed by atoms with van der Waals surface area (Å²) in [4.78, 5) is 4.81. The van der Waals surface area contributed by atoms with Crippen LogP contribution in [0.25, 0.3) is 44.4 Å². The fourth-order valence-corrected chi connectivity index (χ4v) is 6.65. The van der Waals surface area contributed by atoms with Gasteiger partial charge in [-0.3, -0.25) is 4.57 Å². The summed E-state index contributed by atoms with van der Waals surface area (Å²) >= 11 is 0. The molecular formula is C42H42N4O. The predicted molar refractivity (Wildman–Crippen MR) is 195 cm³/mol. The molecule has 0 radical (unpaired) electrons. The van der Waals surface area contributed by atoms with Crippen molar-refractivity contribution in [2.75, 3.05) is 0 Å². The minimum atomic E-state index is 0.323. The van der Waals surface area contributed by atoms with Crippen molar-refractivity contribution in [3.63, 3.8) is 0 Å². The van der Waals surface area contributed by atoms with Crippen LogP contribution >= 0.6 is 0 Å². The van der Waals surface area contributed by atoms with Crippen molar-refractivity contribution in [1.29, 1.82) is 0 Å². The Morgan fingerprint density at radius 2 is 1.43 bits per heavy atom. The monoisotopic (exact) mass is 618 g/mol. The van der Waals surface area contributed by atoms with Gasteiger partial charge in [0.15, 0.2) is 0 Å². The number of aryl methyl sites for hydroxylation is 2. The third-order valence-electron chi connectivity index (χ3n) is 9.26. The highest BCUT2D eigenvalue weighted by Gasteiger charge is 2.17. The lowest BCUT2D eigenvalue weighted by atomic mass is 9.94. The van der Waals surface area contributed by atoms with Gasteiger partial charge in [-0.25, -0.2) is 9.67 Å². The van der Waals surface area contributed by atoms with Crippen LogP contribution in [0.5, 0.6) is 11.5 Å². The maximum absolute atomic E-state index is 6.68. The molecule has 0 N–H and O–H groups in total. The molecule has 0 fully saturated rings. The van der Waals surface area contributed by atoms with E-state index in [-0.39, 0.29) is 0 Å². The minimum Gasteiger partial charge on any atom is -0.457 e. The van der Waals surface area contributed by atoms with Crippen LogP contribution in [0.2, 0.25) is 0 Å². The predicted octanol–water partition coefficient (Wildman–Crippen LogP) is 11.2. The molecule has 0 saturated heterocycles. The van der Waals surface area contributed by atoms with Gasteiger partial charge in [-0.15, -0.1) is 0 Å². The minimum absolute atomic E-state index is 0.323. The molecule has 0 aliphatic rings. The van der Waals surface area contributed by atoms with Gasteiger partial charge >= 0.3 is 0 Å². The maximum atomic E-state index is 6.68. The Hall–Kier alpha value is -5.16. The zero-order valence-corrected chi connectivity index (χ0v) is 28.2. The molecule has 7 rings (SSSR count). The molecule has 0 amide bonds. The van der Waals surface area contributed by atoms with Crippen LogP contribution in [0.15, 0.2) is 110 Å². The van der Waals surface area contributed by atoms with E-state index < -0.39 is 0 Å². The lowest BCUT2D eigenvalue weighted by molar-refractivity contribution is 0.481. The second-order valence-corrected chi connectivity index (χ2v) is 13.0. The van der Waals surface area contributed by atoms with E-state index in [0.29, 0.717) is 11.8 Å². The van der Waals surface area contributed by atoms with Crippen molar-refractivity contribution in [3.8, 4) is 34.1 Å². The first-order valence-corrected chi connectivity index (χ1v) is 16.8. The van der Waals surface area contributed by atoms with Gasteiger partial charge in [0.25, 0.3) is 0 Å². The van der Waals surface area contributed by atoms with E-state index in [2.05, 4.69) is 143 Å². The van der Waals surface area contributed by atoms with Crippen molar-refractivity contribution in [2.24, 2.45) is 0 Å². The smallest absolute Gasteiger partial charge is 0.137 e. The largest absolute Gasteiger partial charge is 0.457 e. The highest BCUT2D eigenvalue weighted by atomic mass is 16.5. The normalized spacial score (nSPS) is 11.7. The van der Waals surface area contributed by atoms with Gasteiger partial charge in [0.05, 0.1) is 22.9 Å². The lowest BCUT2D eigenvalue weighted by Crippen LogP contribution is -2.00. The quantitative estimate of drug-likeness (QED) is 0.162. The van der Waals surface area contributed by atoms with Crippen LogP contribution in [-0.4, -0.2) is 19.3 Å². The van der Waals surface area contributed by atoms with Gasteiger partial charge < -0.3 is 4.74 Å². The summed E-state index contributed by atoms with van der Waals surface area (Å²) in [6.45, 7) is 13.3. The molecule has 236 valence electrons. The number of benzene rings is 4. The van der Waals surface area contributed by atoms with Crippen molar-refractivity contribution in [1.82, 2.24) is 19.3 Å². The number of hydrogen-bond acceptors (Lipinski definition) is 3. The molecule has 0 atom stereocenters. The molecule has 47 heavy (non-hydrogen) atoms.